The average molecular weight is 267 g/mol. The molecule has 100 valence electrons. The fourth-order valence-electron chi connectivity index (χ4n) is 2.33. The Hall–Kier alpha value is -1.83. The van der Waals surface area contributed by atoms with E-state index in [1.165, 1.54) is 19.1 Å². The van der Waals surface area contributed by atoms with Crippen LogP contribution in [0, 0.1) is 24.2 Å². The number of rotatable bonds is 2. The van der Waals surface area contributed by atoms with Crippen LogP contribution in [0.3, 0.4) is 0 Å². The Balaban J connectivity index is 2.53. The second kappa shape index (κ2) is 4.69. The molecule has 0 heterocycles. The predicted molar refractivity (Wildman–Crippen MR) is 62.6 cm³/mol. The predicted octanol–water partition coefficient (Wildman–Crippen LogP) is 3.87. The highest BCUT2D eigenvalue weighted by Crippen LogP contribution is 2.38. The van der Waals surface area contributed by atoms with Crippen LogP contribution in [0.4, 0.5) is 13.2 Å². The number of hydrogen-bond donors (Lipinski definition) is 0. The Morgan fingerprint density at radius 2 is 2.00 bits per heavy atom. The molecule has 0 N–H and O–H groups in total. The van der Waals surface area contributed by atoms with Gasteiger partial charge >= 0.3 is 6.18 Å². The first-order valence-electron chi connectivity index (χ1n) is 6.01. The van der Waals surface area contributed by atoms with E-state index in [-0.39, 0.29) is 22.8 Å². The van der Waals surface area contributed by atoms with Gasteiger partial charge < -0.3 is 0 Å². The molecule has 2 nitrogen and oxygen atoms in total. The van der Waals surface area contributed by atoms with Crippen molar-refractivity contribution in [3.05, 3.63) is 34.4 Å². The Bertz CT molecular complexity index is 565. The third kappa shape index (κ3) is 2.35. The minimum Gasteiger partial charge on any atom is -0.294 e. The van der Waals surface area contributed by atoms with Gasteiger partial charge in [0.1, 0.15) is 0 Å². The van der Waals surface area contributed by atoms with E-state index >= 15 is 0 Å². The summed E-state index contributed by atoms with van der Waals surface area (Å²) in [7, 11) is 0. The van der Waals surface area contributed by atoms with Crippen molar-refractivity contribution in [2.24, 2.45) is 5.92 Å². The summed E-state index contributed by atoms with van der Waals surface area (Å²) in [6.07, 6.45) is -2.21. The van der Waals surface area contributed by atoms with Crippen molar-refractivity contribution in [3.63, 3.8) is 0 Å². The average Bonchev–Trinajstić information content (AvgIpc) is 2.23. The van der Waals surface area contributed by atoms with Gasteiger partial charge in [-0.25, -0.2) is 0 Å². The van der Waals surface area contributed by atoms with E-state index in [2.05, 4.69) is 0 Å². The number of nitrogens with zero attached hydrogens (tertiary/aromatic N) is 1. The quantitative estimate of drug-likeness (QED) is 0.763. The molecule has 1 aliphatic carbocycles. The van der Waals surface area contributed by atoms with Gasteiger partial charge in [-0.3, -0.25) is 4.79 Å². The van der Waals surface area contributed by atoms with E-state index in [4.69, 9.17) is 5.26 Å². The molecule has 0 atom stereocenters. The van der Waals surface area contributed by atoms with Crippen LogP contribution in [-0.4, -0.2) is 5.78 Å². The summed E-state index contributed by atoms with van der Waals surface area (Å²) in [6, 6.07) is 3.96. The normalized spacial score (nSPS) is 15.7. The molecule has 1 aromatic carbocycles. The number of ketones is 1. The van der Waals surface area contributed by atoms with Crippen LogP contribution >= 0.6 is 0 Å². The van der Waals surface area contributed by atoms with Gasteiger partial charge in [0.2, 0.25) is 0 Å². The molecule has 0 spiro atoms. The molecule has 1 aromatic rings. The topological polar surface area (TPSA) is 40.9 Å². The van der Waals surface area contributed by atoms with Crippen LogP contribution in [0.2, 0.25) is 0 Å². The van der Waals surface area contributed by atoms with Crippen LogP contribution in [0.1, 0.15) is 46.3 Å². The molecule has 2 rings (SSSR count). The van der Waals surface area contributed by atoms with Gasteiger partial charge in [-0.05, 0) is 37.5 Å². The minimum absolute atomic E-state index is 0.0935. The smallest absolute Gasteiger partial charge is 0.294 e. The van der Waals surface area contributed by atoms with Crippen molar-refractivity contribution >= 4 is 5.78 Å². The van der Waals surface area contributed by atoms with Gasteiger partial charge in [-0.1, -0.05) is 6.42 Å². The molecule has 1 saturated carbocycles. The number of nitriles is 1. The summed E-state index contributed by atoms with van der Waals surface area (Å²) < 4.78 is 38.9. The third-order valence-corrected chi connectivity index (χ3v) is 3.61. The number of halogens is 3. The fourth-order valence-corrected chi connectivity index (χ4v) is 2.33. The summed E-state index contributed by atoms with van der Waals surface area (Å²) in [6.45, 7) is 1.26. The maximum atomic E-state index is 13.0. The molecule has 0 aliphatic heterocycles. The number of carbonyl (C=O) groups is 1. The van der Waals surface area contributed by atoms with Crippen molar-refractivity contribution < 1.29 is 18.0 Å². The monoisotopic (exact) mass is 267 g/mol. The molecule has 0 aromatic heterocycles. The highest BCUT2D eigenvalue weighted by molar-refractivity contribution is 6.00. The fraction of sp³-hybridized carbons (Fsp3) is 0.429. The number of Topliss-reactive ketones (excluding diaryl/α,β-unsaturated/α-hetero) is 1. The first kappa shape index (κ1) is 13.6. The first-order chi connectivity index (χ1) is 8.86. The maximum Gasteiger partial charge on any atom is 0.417 e. The van der Waals surface area contributed by atoms with Gasteiger partial charge in [0.25, 0.3) is 0 Å². The molecule has 0 unspecified atom stereocenters. The first-order valence-corrected chi connectivity index (χ1v) is 6.01. The Morgan fingerprint density at radius 1 is 1.37 bits per heavy atom. The van der Waals surface area contributed by atoms with Crippen molar-refractivity contribution in [2.75, 3.05) is 0 Å². The summed E-state index contributed by atoms with van der Waals surface area (Å²) in [5.74, 6) is -0.397. The van der Waals surface area contributed by atoms with Crippen LogP contribution < -0.4 is 0 Å². The molecule has 0 radical (unpaired) electrons. The van der Waals surface area contributed by atoms with E-state index in [0.717, 1.165) is 25.3 Å². The molecule has 19 heavy (non-hydrogen) atoms. The number of benzene rings is 1. The number of alkyl halides is 3. The molecular weight excluding hydrogens is 255 g/mol. The lowest BCUT2D eigenvalue weighted by Crippen LogP contribution is -2.24. The minimum atomic E-state index is -4.62. The molecule has 0 saturated heterocycles. The van der Waals surface area contributed by atoms with E-state index in [9.17, 15) is 18.0 Å². The summed E-state index contributed by atoms with van der Waals surface area (Å²) in [5.41, 5.74) is -1.46. The van der Waals surface area contributed by atoms with Crippen LogP contribution in [0.15, 0.2) is 12.1 Å². The van der Waals surface area contributed by atoms with E-state index in [1.54, 1.807) is 0 Å². The van der Waals surface area contributed by atoms with Crippen molar-refractivity contribution in [1.82, 2.24) is 0 Å². The Kier molecular flexibility index (Phi) is 3.36. The lowest BCUT2D eigenvalue weighted by Gasteiger charge is -2.25. The molecular formula is C14H12F3NO. The van der Waals surface area contributed by atoms with Crippen molar-refractivity contribution in [1.29, 1.82) is 5.26 Å². The zero-order valence-corrected chi connectivity index (χ0v) is 10.3. The number of hydrogen-bond acceptors (Lipinski definition) is 2. The van der Waals surface area contributed by atoms with Gasteiger partial charge in [0.05, 0.1) is 17.2 Å². The van der Waals surface area contributed by atoms with Gasteiger partial charge in [0.15, 0.2) is 5.78 Å². The summed E-state index contributed by atoms with van der Waals surface area (Å²) >= 11 is 0. The molecule has 1 fully saturated rings. The third-order valence-electron chi connectivity index (χ3n) is 3.61. The van der Waals surface area contributed by atoms with E-state index in [1.807, 2.05) is 0 Å². The molecule has 0 bridgehead atoms. The lowest BCUT2D eigenvalue weighted by atomic mass is 9.78. The number of carbonyl (C=O) groups excluding carboxylic acids is 1. The second-order valence-electron chi connectivity index (χ2n) is 4.76. The highest BCUT2D eigenvalue weighted by Gasteiger charge is 2.38. The Morgan fingerprint density at radius 3 is 2.42 bits per heavy atom. The zero-order valence-electron chi connectivity index (χ0n) is 10.3. The lowest BCUT2D eigenvalue weighted by molar-refractivity contribution is -0.138. The van der Waals surface area contributed by atoms with Crippen LogP contribution in [0.25, 0.3) is 0 Å². The van der Waals surface area contributed by atoms with Crippen molar-refractivity contribution in [3.8, 4) is 6.07 Å². The molecule has 0 amide bonds. The van der Waals surface area contributed by atoms with Crippen LogP contribution in [-0.2, 0) is 6.18 Å². The highest BCUT2D eigenvalue weighted by atomic mass is 19.4. The SMILES string of the molecule is Cc1c(C(=O)C2CCC2)ccc(C#N)c1C(F)(F)F. The summed E-state index contributed by atoms with van der Waals surface area (Å²) in [4.78, 5) is 12.1. The molecule has 5 heteroatoms. The summed E-state index contributed by atoms with van der Waals surface area (Å²) in [5, 5.41) is 8.77. The second-order valence-corrected chi connectivity index (χ2v) is 4.76. The van der Waals surface area contributed by atoms with E-state index < -0.39 is 17.3 Å². The van der Waals surface area contributed by atoms with E-state index in [0.29, 0.717) is 0 Å². The van der Waals surface area contributed by atoms with Gasteiger partial charge in [0, 0.05) is 11.5 Å². The largest absolute Gasteiger partial charge is 0.417 e. The molecule has 1 aliphatic rings. The van der Waals surface area contributed by atoms with Crippen LogP contribution in [0.5, 0.6) is 0 Å². The van der Waals surface area contributed by atoms with Gasteiger partial charge in [-0.15, -0.1) is 0 Å². The maximum absolute atomic E-state index is 13.0. The Labute approximate surface area is 108 Å². The standard InChI is InChI=1S/C14H12F3NO/c1-8-11(13(19)9-3-2-4-9)6-5-10(7-18)12(8)14(15,16)17/h5-6,9H,2-4H2,1H3. The van der Waals surface area contributed by atoms with Crippen molar-refractivity contribution in [2.45, 2.75) is 32.4 Å². The zero-order chi connectivity index (χ0) is 14.2. The van der Waals surface area contributed by atoms with Gasteiger partial charge in [-0.2, -0.15) is 18.4 Å².